The molecule has 2 rings (SSSR count). The lowest BCUT2D eigenvalue weighted by Gasteiger charge is -2.10. The molecule has 0 atom stereocenters. The summed E-state index contributed by atoms with van der Waals surface area (Å²) < 4.78 is 35.0. The Bertz CT molecular complexity index is 728. The van der Waals surface area contributed by atoms with Gasteiger partial charge in [0, 0.05) is 12.2 Å². The van der Waals surface area contributed by atoms with Gasteiger partial charge >= 0.3 is 0 Å². The molecule has 0 aliphatic heterocycles. The van der Waals surface area contributed by atoms with E-state index in [9.17, 15) is 12.8 Å². The average Bonchev–Trinajstić information content (AvgIpc) is 2.38. The minimum absolute atomic E-state index is 0.176. The summed E-state index contributed by atoms with van der Waals surface area (Å²) in [7, 11) is -3.51. The lowest BCUT2D eigenvalue weighted by Crippen LogP contribution is -2.14. The van der Waals surface area contributed by atoms with Crippen LogP contribution < -0.4 is 10.5 Å². The molecule has 0 saturated heterocycles. The smallest absolute Gasteiger partial charge is 0.213 e. The SMILES string of the molecule is Cc1cc(F)ccc1CNc1ccc(CS(N)(=O)=O)cc1. The monoisotopic (exact) mass is 308 g/mol. The summed E-state index contributed by atoms with van der Waals surface area (Å²) in [5.74, 6) is -0.423. The predicted octanol–water partition coefficient (Wildman–Crippen LogP) is 2.53. The Morgan fingerprint density at radius 2 is 1.81 bits per heavy atom. The molecule has 2 aromatic carbocycles. The standard InChI is InChI=1S/C15H17FN2O2S/c1-11-8-14(16)5-4-13(11)9-18-15-6-2-12(3-7-15)10-21(17,19)20/h2-8,18H,9-10H2,1H3,(H2,17,19,20). The van der Waals surface area contributed by atoms with Crippen molar-refractivity contribution in [2.75, 3.05) is 5.32 Å². The molecule has 2 aromatic rings. The molecule has 0 unspecified atom stereocenters. The van der Waals surface area contributed by atoms with E-state index in [1.54, 1.807) is 30.3 Å². The molecule has 0 amide bonds. The first-order valence-electron chi connectivity index (χ1n) is 6.42. The molecule has 0 spiro atoms. The van der Waals surface area contributed by atoms with Gasteiger partial charge in [-0.25, -0.2) is 17.9 Å². The van der Waals surface area contributed by atoms with E-state index in [1.807, 2.05) is 6.92 Å². The van der Waals surface area contributed by atoms with Crippen LogP contribution in [0.4, 0.5) is 10.1 Å². The zero-order valence-corrected chi connectivity index (χ0v) is 12.5. The van der Waals surface area contributed by atoms with Crippen molar-refractivity contribution in [3.63, 3.8) is 0 Å². The summed E-state index contributed by atoms with van der Waals surface area (Å²) in [5.41, 5.74) is 3.39. The third-order valence-corrected chi connectivity index (χ3v) is 3.85. The number of halogens is 1. The van der Waals surface area contributed by atoms with E-state index in [-0.39, 0.29) is 11.6 Å². The van der Waals surface area contributed by atoms with Gasteiger partial charge in [-0.05, 0) is 47.9 Å². The second-order valence-electron chi connectivity index (χ2n) is 4.93. The molecule has 4 nitrogen and oxygen atoms in total. The maximum Gasteiger partial charge on any atom is 0.213 e. The highest BCUT2D eigenvalue weighted by Gasteiger charge is 2.05. The summed E-state index contributed by atoms with van der Waals surface area (Å²) in [4.78, 5) is 0. The first-order valence-corrected chi connectivity index (χ1v) is 8.13. The van der Waals surface area contributed by atoms with E-state index in [4.69, 9.17) is 5.14 Å². The van der Waals surface area contributed by atoms with Crippen molar-refractivity contribution in [1.29, 1.82) is 0 Å². The molecular formula is C15H17FN2O2S. The van der Waals surface area contributed by atoms with Crippen LogP contribution in [0, 0.1) is 12.7 Å². The largest absolute Gasteiger partial charge is 0.381 e. The molecule has 112 valence electrons. The van der Waals surface area contributed by atoms with Gasteiger partial charge in [-0.3, -0.25) is 0 Å². The predicted molar refractivity (Wildman–Crippen MR) is 81.7 cm³/mol. The van der Waals surface area contributed by atoms with E-state index in [0.717, 1.165) is 16.8 Å². The van der Waals surface area contributed by atoms with Gasteiger partial charge in [-0.1, -0.05) is 18.2 Å². The second kappa shape index (κ2) is 6.24. The zero-order valence-electron chi connectivity index (χ0n) is 11.6. The molecule has 0 aliphatic rings. The Hall–Kier alpha value is -1.92. The quantitative estimate of drug-likeness (QED) is 0.891. The molecule has 0 aromatic heterocycles. The second-order valence-corrected chi connectivity index (χ2v) is 6.54. The van der Waals surface area contributed by atoms with Gasteiger partial charge in [-0.15, -0.1) is 0 Å². The van der Waals surface area contributed by atoms with E-state index in [1.165, 1.54) is 12.1 Å². The normalized spacial score (nSPS) is 11.4. The molecule has 21 heavy (non-hydrogen) atoms. The van der Waals surface area contributed by atoms with E-state index < -0.39 is 10.0 Å². The highest BCUT2D eigenvalue weighted by molar-refractivity contribution is 7.88. The first-order chi connectivity index (χ1) is 9.83. The van der Waals surface area contributed by atoms with Crippen molar-refractivity contribution in [2.45, 2.75) is 19.2 Å². The molecule has 0 fully saturated rings. The van der Waals surface area contributed by atoms with Crippen LogP contribution in [-0.4, -0.2) is 8.42 Å². The third kappa shape index (κ3) is 4.84. The number of aryl methyl sites for hydroxylation is 1. The van der Waals surface area contributed by atoms with Gasteiger partial charge in [0.05, 0.1) is 5.75 Å². The fraction of sp³-hybridized carbons (Fsp3) is 0.200. The van der Waals surface area contributed by atoms with Crippen molar-refractivity contribution in [2.24, 2.45) is 5.14 Å². The molecular weight excluding hydrogens is 291 g/mol. The molecule has 0 radical (unpaired) electrons. The summed E-state index contributed by atoms with van der Waals surface area (Å²) in [6.45, 7) is 2.43. The van der Waals surface area contributed by atoms with Crippen molar-refractivity contribution in [3.8, 4) is 0 Å². The Balaban J connectivity index is 2.00. The van der Waals surface area contributed by atoms with Crippen LogP contribution in [-0.2, 0) is 22.3 Å². The van der Waals surface area contributed by atoms with Crippen LogP contribution in [0.3, 0.4) is 0 Å². The summed E-state index contributed by atoms with van der Waals surface area (Å²) in [6.07, 6.45) is 0. The Morgan fingerprint density at radius 3 is 2.38 bits per heavy atom. The van der Waals surface area contributed by atoms with Crippen LogP contribution in [0.25, 0.3) is 0 Å². The van der Waals surface area contributed by atoms with Gasteiger partial charge in [0.25, 0.3) is 0 Å². The first kappa shape index (κ1) is 15.5. The van der Waals surface area contributed by atoms with Crippen LogP contribution in [0.2, 0.25) is 0 Å². The van der Waals surface area contributed by atoms with Crippen LogP contribution in [0.5, 0.6) is 0 Å². The van der Waals surface area contributed by atoms with Crippen LogP contribution in [0.15, 0.2) is 42.5 Å². The lowest BCUT2D eigenvalue weighted by atomic mass is 10.1. The van der Waals surface area contributed by atoms with Crippen molar-refractivity contribution in [3.05, 3.63) is 65.0 Å². The number of nitrogens with one attached hydrogen (secondary N) is 1. The van der Waals surface area contributed by atoms with Gasteiger partial charge in [0.1, 0.15) is 5.82 Å². The zero-order chi connectivity index (χ0) is 15.5. The Labute approximate surface area is 123 Å². The summed E-state index contributed by atoms with van der Waals surface area (Å²) >= 11 is 0. The van der Waals surface area contributed by atoms with E-state index >= 15 is 0 Å². The van der Waals surface area contributed by atoms with E-state index in [2.05, 4.69) is 5.32 Å². The van der Waals surface area contributed by atoms with Crippen molar-refractivity contribution >= 4 is 15.7 Å². The molecule has 0 heterocycles. The minimum Gasteiger partial charge on any atom is -0.381 e. The number of sulfonamides is 1. The van der Waals surface area contributed by atoms with Crippen LogP contribution >= 0.6 is 0 Å². The number of anilines is 1. The molecule has 0 bridgehead atoms. The fourth-order valence-corrected chi connectivity index (χ4v) is 2.66. The maximum absolute atomic E-state index is 13.0. The highest BCUT2D eigenvalue weighted by atomic mass is 32.2. The molecule has 6 heteroatoms. The maximum atomic E-state index is 13.0. The number of hydrogen-bond acceptors (Lipinski definition) is 3. The van der Waals surface area contributed by atoms with Gasteiger partial charge in [0.15, 0.2) is 0 Å². The number of hydrogen-bond donors (Lipinski definition) is 2. The topological polar surface area (TPSA) is 72.2 Å². The number of nitrogens with two attached hydrogens (primary N) is 1. The fourth-order valence-electron chi connectivity index (χ4n) is 2.01. The molecule has 0 saturated carbocycles. The molecule has 0 aliphatic carbocycles. The lowest BCUT2D eigenvalue weighted by molar-refractivity contribution is 0.597. The Kier molecular flexibility index (Phi) is 4.59. The van der Waals surface area contributed by atoms with Gasteiger partial charge in [0.2, 0.25) is 10.0 Å². The Morgan fingerprint density at radius 1 is 1.14 bits per heavy atom. The van der Waals surface area contributed by atoms with Crippen molar-refractivity contribution in [1.82, 2.24) is 0 Å². The third-order valence-electron chi connectivity index (χ3n) is 3.11. The van der Waals surface area contributed by atoms with E-state index in [0.29, 0.717) is 12.1 Å². The highest BCUT2D eigenvalue weighted by Crippen LogP contribution is 2.15. The molecule has 3 N–H and O–H groups in total. The van der Waals surface area contributed by atoms with Gasteiger partial charge < -0.3 is 5.32 Å². The number of rotatable bonds is 5. The summed E-state index contributed by atoms with van der Waals surface area (Å²) in [6, 6.07) is 11.7. The van der Waals surface area contributed by atoms with Crippen molar-refractivity contribution < 1.29 is 12.8 Å². The minimum atomic E-state index is -3.51. The van der Waals surface area contributed by atoms with Crippen LogP contribution in [0.1, 0.15) is 16.7 Å². The summed E-state index contributed by atoms with van der Waals surface area (Å²) in [5, 5.41) is 8.20. The van der Waals surface area contributed by atoms with Gasteiger partial charge in [-0.2, -0.15) is 0 Å². The number of benzene rings is 2. The average molecular weight is 308 g/mol. The number of primary sulfonamides is 1.